The summed E-state index contributed by atoms with van der Waals surface area (Å²) in [5, 5.41) is 11.2. The molecule has 0 saturated carbocycles. The first kappa shape index (κ1) is 7.72. The van der Waals surface area contributed by atoms with Crippen molar-refractivity contribution in [1.82, 2.24) is 14.9 Å². The Morgan fingerprint density at radius 3 is 2.77 bits per heavy atom. The number of furan rings is 1. The van der Waals surface area contributed by atoms with Gasteiger partial charge in [-0.1, -0.05) is 0 Å². The van der Waals surface area contributed by atoms with E-state index in [2.05, 4.69) is 15.3 Å². The highest BCUT2D eigenvalue weighted by Crippen LogP contribution is 2.02. The molecular weight excluding hydrogens is 168 g/mol. The van der Waals surface area contributed by atoms with Gasteiger partial charge in [-0.2, -0.15) is 5.10 Å². The van der Waals surface area contributed by atoms with E-state index in [9.17, 15) is 0 Å². The Kier molecular flexibility index (Phi) is 1.91. The minimum absolute atomic E-state index is 0.714. The molecule has 5 heteroatoms. The topological polar surface area (TPSA) is 56.2 Å². The first-order valence-electron chi connectivity index (χ1n) is 3.80. The van der Waals surface area contributed by atoms with Crippen LogP contribution in [0.2, 0.25) is 0 Å². The summed E-state index contributed by atoms with van der Waals surface area (Å²) in [5.41, 5.74) is 0. The van der Waals surface area contributed by atoms with Crippen LogP contribution >= 0.6 is 0 Å². The zero-order valence-corrected chi connectivity index (χ0v) is 7.08. The van der Waals surface area contributed by atoms with Gasteiger partial charge in [0.15, 0.2) is 0 Å². The Bertz CT molecular complexity index is 401. The largest absolute Gasteiger partial charge is 0.460 e. The smallest absolute Gasteiger partial charge is 0.147 e. The molecule has 2 aromatic heterocycles. The van der Waals surface area contributed by atoms with Crippen LogP contribution < -0.4 is 0 Å². The van der Waals surface area contributed by atoms with Crippen molar-refractivity contribution < 1.29 is 4.42 Å². The Morgan fingerprint density at radius 1 is 1.38 bits per heavy atom. The van der Waals surface area contributed by atoms with Crippen LogP contribution in [-0.2, 0) is 0 Å². The molecule has 2 heterocycles. The Labute approximate surface area is 74.7 Å². The molecule has 0 aliphatic heterocycles. The van der Waals surface area contributed by atoms with Gasteiger partial charge in [-0.3, -0.25) is 0 Å². The van der Waals surface area contributed by atoms with Crippen LogP contribution in [-0.4, -0.2) is 21.1 Å². The fourth-order valence-corrected chi connectivity index (χ4v) is 0.901. The van der Waals surface area contributed by atoms with Gasteiger partial charge in [-0.05, 0) is 19.1 Å². The Morgan fingerprint density at radius 2 is 2.15 bits per heavy atom. The summed E-state index contributed by atoms with van der Waals surface area (Å²) in [6.07, 6.45) is 4.62. The molecule has 5 nitrogen and oxygen atoms in total. The minimum Gasteiger partial charge on any atom is -0.460 e. The van der Waals surface area contributed by atoms with Crippen LogP contribution in [0.5, 0.6) is 0 Å². The van der Waals surface area contributed by atoms with Gasteiger partial charge in [0.25, 0.3) is 0 Å². The quantitative estimate of drug-likeness (QED) is 0.643. The normalized spacial score (nSPS) is 11.2. The maximum absolute atomic E-state index is 5.28. The lowest BCUT2D eigenvalue weighted by atomic mass is 10.4. The first-order chi connectivity index (χ1) is 6.34. The summed E-state index contributed by atoms with van der Waals surface area (Å²) >= 11 is 0. The van der Waals surface area contributed by atoms with E-state index in [-0.39, 0.29) is 0 Å². The zero-order chi connectivity index (χ0) is 9.10. The average Bonchev–Trinajstić information content (AvgIpc) is 2.71. The summed E-state index contributed by atoms with van der Waals surface area (Å²) in [6, 6.07) is 3.73. The maximum Gasteiger partial charge on any atom is 0.147 e. The molecule has 0 spiro atoms. The summed E-state index contributed by atoms with van der Waals surface area (Å²) in [6.45, 7) is 1.89. The predicted molar refractivity (Wildman–Crippen MR) is 46.5 cm³/mol. The van der Waals surface area contributed by atoms with E-state index in [1.807, 2.05) is 19.1 Å². The molecule has 0 unspecified atom stereocenters. The van der Waals surface area contributed by atoms with Crippen molar-refractivity contribution in [3.63, 3.8) is 0 Å². The van der Waals surface area contributed by atoms with Gasteiger partial charge in [0.05, 0.1) is 6.21 Å². The van der Waals surface area contributed by atoms with Crippen molar-refractivity contribution in [3.8, 4) is 0 Å². The highest BCUT2D eigenvalue weighted by Gasteiger charge is 1.93. The van der Waals surface area contributed by atoms with Gasteiger partial charge >= 0.3 is 0 Å². The average molecular weight is 176 g/mol. The zero-order valence-electron chi connectivity index (χ0n) is 7.08. The van der Waals surface area contributed by atoms with Crippen LogP contribution in [0.15, 0.2) is 34.3 Å². The van der Waals surface area contributed by atoms with E-state index >= 15 is 0 Å². The van der Waals surface area contributed by atoms with Crippen LogP contribution in [0.25, 0.3) is 0 Å². The molecule has 0 fully saturated rings. The van der Waals surface area contributed by atoms with Gasteiger partial charge in [0.2, 0.25) is 0 Å². The predicted octanol–water partition coefficient (Wildman–Crippen LogP) is 1.06. The molecule has 0 saturated heterocycles. The van der Waals surface area contributed by atoms with Crippen molar-refractivity contribution in [2.24, 2.45) is 5.10 Å². The summed E-state index contributed by atoms with van der Waals surface area (Å²) in [5.74, 6) is 1.58. The first-order valence-corrected chi connectivity index (χ1v) is 3.80. The van der Waals surface area contributed by atoms with Crippen molar-refractivity contribution in [2.45, 2.75) is 6.92 Å². The van der Waals surface area contributed by atoms with E-state index in [0.717, 1.165) is 5.76 Å². The lowest BCUT2D eigenvalue weighted by molar-refractivity contribution is 0.527. The van der Waals surface area contributed by atoms with Crippen LogP contribution in [0, 0.1) is 6.92 Å². The Balaban J connectivity index is 2.14. The lowest BCUT2D eigenvalue weighted by Crippen LogP contribution is -1.84. The second-order valence-corrected chi connectivity index (χ2v) is 2.53. The Hall–Kier alpha value is -1.91. The molecule has 2 rings (SSSR count). The molecule has 0 aliphatic carbocycles. The maximum atomic E-state index is 5.28. The molecular formula is C8H8N4O. The monoisotopic (exact) mass is 176 g/mol. The third-order valence-corrected chi connectivity index (χ3v) is 1.49. The molecule has 0 atom stereocenters. The van der Waals surface area contributed by atoms with Crippen molar-refractivity contribution >= 4 is 6.21 Å². The second-order valence-electron chi connectivity index (χ2n) is 2.53. The summed E-state index contributed by atoms with van der Waals surface area (Å²) < 4.78 is 6.78. The fraction of sp³-hybridized carbons (Fsp3) is 0.125. The highest BCUT2D eigenvalue weighted by atomic mass is 16.3. The number of hydrogen-bond donors (Lipinski definition) is 0. The van der Waals surface area contributed by atoms with Crippen molar-refractivity contribution in [1.29, 1.82) is 0 Å². The summed E-state index contributed by atoms with van der Waals surface area (Å²) in [4.78, 5) is 0. The molecule has 13 heavy (non-hydrogen) atoms. The number of nitrogens with zero attached hydrogens (tertiary/aromatic N) is 4. The standard InChI is InChI=1S/C8H8N4O/c1-7-2-3-8(13-7)4-11-12-5-9-10-6-12/h2-6H,1H3/b11-4-. The third kappa shape index (κ3) is 1.81. The van der Waals surface area contributed by atoms with E-state index in [1.54, 1.807) is 6.21 Å². The van der Waals surface area contributed by atoms with E-state index < -0.39 is 0 Å². The minimum atomic E-state index is 0.714. The van der Waals surface area contributed by atoms with Crippen LogP contribution in [0.3, 0.4) is 0 Å². The fourth-order valence-electron chi connectivity index (χ4n) is 0.901. The summed E-state index contributed by atoms with van der Waals surface area (Å²) in [7, 11) is 0. The molecule has 0 bridgehead atoms. The molecule has 0 amide bonds. The number of hydrogen-bond acceptors (Lipinski definition) is 4. The molecule has 0 N–H and O–H groups in total. The van der Waals surface area contributed by atoms with Crippen molar-refractivity contribution in [2.75, 3.05) is 0 Å². The third-order valence-electron chi connectivity index (χ3n) is 1.49. The number of rotatable bonds is 2. The van der Waals surface area contributed by atoms with Crippen LogP contribution in [0.4, 0.5) is 0 Å². The molecule has 66 valence electrons. The molecule has 2 aromatic rings. The van der Waals surface area contributed by atoms with E-state index in [0.29, 0.717) is 5.76 Å². The molecule has 0 radical (unpaired) electrons. The van der Waals surface area contributed by atoms with Gasteiger partial charge in [0, 0.05) is 0 Å². The molecule has 0 aliphatic rings. The second kappa shape index (κ2) is 3.22. The van der Waals surface area contributed by atoms with Crippen molar-refractivity contribution in [3.05, 3.63) is 36.3 Å². The van der Waals surface area contributed by atoms with Gasteiger partial charge in [0.1, 0.15) is 24.2 Å². The van der Waals surface area contributed by atoms with E-state index in [1.165, 1.54) is 17.3 Å². The molecule has 0 aromatic carbocycles. The SMILES string of the molecule is Cc1ccc(/C=N\n2cnnc2)o1. The van der Waals surface area contributed by atoms with Gasteiger partial charge < -0.3 is 4.42 Å². The van der Waals surface area contributed by atoms with Gasteiger partial charge in [-0.25, -0.2) is 4.68 Å². The van der Waals surface area contributed by atoms with Gasteiger partial charge in [-0.15, -0.1) is 10.2 Å². The van der Waals surface area contributed by atoms with E-state index in [4.69, 9.17) is 4.42 Å². The number of aryl methyl sites for hydroxylation is 1. The highest BCUT2D eigenvalue weighted by molar-refractivity contribution is 5.75. The lowest BCUT2D eigenvalue weighted by Gasteiger charge is -1.86. The number of aromatic nitrogens is 3. The van der Waals surface area contributed by atoms with Crippen LogP contribution in [0.1, 0.15) is 11.5 Å².